The van der Waals surface area contributed by atoms with Gasteiger partial charge in [0, 0.05) is 5.92 Å². The summed E-state index contributed by atoms with van der Waals surface area (Å²) in [6, 6.07) is 0. The molecular weight excluding hydrogens is 251 g/mol. The average molecular weight is 274 g/mol. The number of halogens is 1. The van der Waals surface area contributed by atoms with E-state index >= 15 is 0 Å². The Hall–Kier alpha value is -1.33. The second-order valence-corrected chi connectivity index (χ2v) is 5.71. The first-order valence-electron chi connectivity index (χ1n) is 6.66. The molecule has 1 aliphatic heterocycles. The maximum atomic E-state index is 12.8. The molecule has 0 spiro atoms. The van der Waals surface area contributed by atoms with Crippen molar-refractivity contribution >= 4 is 12.0 Å². The second-order valence-electron chi connectivity index (χ2n) is 5.71. The number of hydrogen-bond donors (Lipinski definition) is 1. The third-order valence-corrected chi connectivity index (χ3v) is 3.25. The third-order valence-electron chi connectivity index (χ3n) is 3.25. The van der Waals surface area contributed by atoms with Crippen molar-refractivity contribution in [2.45, 2.75) is 51.8 Å². The third kappa shape index (κ3) is 4.69. The minimum absolute atomic E-state index is 0.0584. The molecule has 1 rings (SSSR count). The molecule has 0 radical (unpaired) electrons. The molecule has 5 nitrogen and oxygen atoms in total. The van der Waals surface area contributed by atoms with Gasteiger partial charge in [-0.1, -0.05) is 13.3 Å². The fourth-order valence-electron chi connectivity index (χ4n) is 2.43. The Morgan fingerprint density at radius 1 is 1.47 bits per heavy atom. The van der Waals surface area contributed by atoms with Gasteiger partial charge in [-0.3, -0.25) is 4.79 Å². The van der Waals surface area contributed by atoms with Crippen LogP contribution in [0.2, 0.25) is 0 Å². The molecule has 0 aromatic carbocycles. The maximum absolute atomic E-state index is 12.8. The molecule has 0 aromatic rings. The summed E-state index contributed by atoms with van der Waals surface area (Å²) in [5.74, 6) is -0.316. The quantitative estimate of drug-likeness (QED) is 0.803. The SMILES string of the molecule is CCC[C@H](CC(C)(C)OC(N)=O)C(=O)N1CC(F)C1. The monoisotopic (exact) mass is 274 g/mol. The van der Waals surface area contributed by atoms with Gasteiger partial charge in [0.1, 0.15) is 11.8 Å². The van der Waals surface area contributed by atoms with Gasteiger partial charge in [0.25, 0.3) is 0 Å². The van der Waals surface area contributed by atoms with Crippen molar-refractivity contribution in [2.75, 3.05) is 13.1 Å². The minimum Gasteiger partial charge on any atom is -0.444 e. The number of hydrogen-bond acceptors (Lipinski definition) is 3. The van der Waals surface area contributed by atoms with Gasteiger partial charge >= 0.3 is 6.09 Å². The van der Waals surface area contributed by atoms with Crippen LogP contribution in [-0.4, -0.2) is 41.8 Å². The lowest BCUT2D eigenvalue weighted by molar-refractivity contribution is -0.145. The van der Waals surface area contributed by atoms with Gasteiger partial charge in [-0.15, -0.1) is 0 Å². The van der Waals surface area contributed by atoms with Crippen LogP contribution in [0.15, 0.2) is 0 Å². The highest BCUT2D eigenvalue weighted by Gasteiger charge is 2.37. The molecule has 1 saturated heterocycles. The predicted molar refractivity (Wildman–Crippen MR) is 69.2 cm³/mol. The number of nitrogens with zero attached hydrogens (tertiary/aromatic N) is 1. The summed E-state index contributed by atoms with van der Waals surface area (Å²) in [6.45, 7) is 5.78. The zero-order chi connectivity index (χ0) is 14.6. The van der Waals surface area contributed by atoms with Gasteiger partial charge in [0.15, 0.2) is 0 Å². The lowest BCUT2D eigenvalue weighted by Crippen LogP contribution is -2.54. The van der Waals surface area contributed by atoms with E-state index in [-0.39, 0.29) is 24.9 Å². The lowest BCUT2D eigenvalue weighted by Gasteiger charge is -2.38. The highest BCUT2D eigenvalue weighted by atomic mass is 19.1. The standard InChI is InChI=1S/C13H23FN2O3/c1-4-5-9(6-13(2,3)19-12(15)18)11(17)16-7-10(14)8-16/h9-10H,4-8H2,1-3H3,(H2,15,18)/t9-/m1/s1. The van der Waals surface area contributed by atoms with Gasteiger partial charge in [-0.05, 0) is 26.7 Å². The maximum Gasteiger partial charge on any atom is 0.405 e. The highest BCUT2D eigenvalue weighted by molar-refractivity contribution is 5.80. The predicted octanol–water partition coefficient (Wildman–Crippen LogP) is 1.85. The van der Waals surface area contributed by atoms with Crippen LogP contribution in [0.5, 0.6) is 0 Å². The van der Waals surface area contributed by atoms with Crippen LogP contribution in [0.1, 0.15) is 40.0 Å². The second kappa shape index (κ2) is 6.21. The first-order chi connectivity index (χ1) is 8.75. The zero-order valence-corrected chi connectivity index (χ0v) is 11.8. The Morgan fingerprint density at radius 3 is 2.47 bits per heavy atom. The molecule has 1 fully saturated rings. The number of carbonyl (C=O) groups is 2. The van der Waals surface area contributed by atoms with Crippen molar-refractivity contribution in [3.8, 4) is 0 Å². The van der Waals surface area contributed by atoms with E-state index in [1.54, 1.807) is 13.8 Å². The molecule has 1 atom stereocenters. The number of carbonyl (C=O) groups excluding carboxylic acids is 2. The normalized spacial score (nSPS) is 17.8. The number of primary amides is 1. The van der Waals surface area contributed by atoms with Crippen molar-refractivity contribution in [3.63, 3.8) is 0 Å². The van der Waals surface area contributed by atoms with Gasteiger partial charge in [0.05, 0.1) is 13.1 Å². The van der Waals surface area contributed by atoms with E-state index in [2.05, 4.69) is 0 Å². The minimum atomic E-state index is -0.902. The molecular formula is C13H23FN2O3. The average Bonchev–Trinajstić information content (AvgIpc) is 2.21. The summed E-state index contributed by atoms with van der Waals surface area (Å²) in [5.41, 5.74) is 4.22. The Labute approximate surface area is 113 Å². The number of rotatable bonds is 6. The Kier molecular flexibility index (Phi) is 5.14. The van der Waals surface area contributed by atoms with E-state index in [9.17, 15) is 14.0 Å². The summed E-state index contributed by atoms with van der Waals surface area (Å²) in [7, 11) is 0. The van der Waals surface area contributed by atoms with E-state index in [0.717, 1.165) is 6.42 Å². The van der Waals surface area contributed by atoms with Crippen molar-refractivity contribution in [1.82, 2.24) is 4.90 Å². The van der Waals surface area contributed by atoms with Gasteiger partial charge in [0.2, 0.25) is 5.91 Å². The van der Waals surface area contributed by atoms with Crippen LogP contribution >= 0.6 is 0 Å². The molecule has 0 aromatic heterocycles. The van der Waals surface area contributed by atoms with Crippen molar-refractivity contribution < 1.29 is 18.7 Å². The van der Waals surface area contributed by atoms with Crippen molar-refractivity contribution in [2.24, 2.45) is 11.7 Å². The number of alkyl halides is 1. The van der Waals surface area contributed by atoms with Crippen LogP contribution < -0.4 is 5.73 Å². The molecule has 0 saturated carbocycles. The fraction of sp³-hybridized carbons (Fsp3) is 0.846. The van der Waals surface area contributed by atoms with Gasteiger partial charge < -0.3 is 15.4 Å². The summed E-state index contributed by atoms with van der Waals surface area (Å²) in [5, 5.41) is 0. The lowest BCUT2D eigenvalue weighted by atomic mass is 9.88. The molecule has 19 heavy (non-hydrogen) atoms. The Bertz CT molecular complexity index is 341. The smallest absolute Gasteiger partial charge is 0.405 e. The van der Waals surface area contributed by atoms with Gasteiger partial charge in [-0.25, -0.2) is 9.18 Å². The largest absolute Gasteiger partial charge is 0.444 e. The summed E-state index contributed by atoms with van der Waals surface area (Å²) in [6.07, 6.45) is 0.186. The molecule has 0 bridgehead atoms. The first-order valence-corrected chi connectivity index (χ1v) is 6.66. The zero-order valence-electron chi connectivity index (χ0n) is 11.8. The van der Waals surface area contributed by atoms with Crippen molar-refractivity contribution in [3.05, 3.63) is 0 Å². The molecule has 2 amide bonds. The molecule has 1 heterocycles. The number of nitrogens with two attached hydrogens (primary N) is 1. The van der Waals surface area contributed by atoms with E-state index < -0.39 is 17.9 Å². The number of likely N-dealkylation sites (tertiary alicyclic amines) is 1. The Balaban J connectivity index is 2.61. The van der Waals surface area contributed by atoms with Crippen LogP contribution in [0.3, 0.4) is 0 Å². The summed E-state index contributed by atoms with van der Waals surface area (Å²) in [4.78, 5) is 24.6. The fourth-order valence-corrected chi connectivity index (χ4v) is 2.43. The molecule has 1 aliphatic rings. The van der Waals surface area contributed by atoms with E-state index in [4.69, 9.17) is 10.5 Å². The molecule has 0 aliphatic carbocycles. The molecule has 0 unspecified atom stereocenters. The van der Waals surface area contributed by atoms with E-state index in [1.807, 2.05) is 6.92 Å². The summed E-state index contributed by atoms with van der Waals surface area (Å²) < 4.78 is 17.8. The topological polar surface area (TPSA) is 72.6 Å². The van der Waals surface area contributed by atoms with Gasteiger partial charge in [-0.2, -0.15) is 0 Å². The van der Waals surface area contributed by atoms with Crippen LogP contribution in [-0.2, 0) is 9.53 Å². The van der Waals surface area contributed by atoms with Crippen molar-refractivity contribution in [1.29, 1.82) is 0 Å². The summed E-state index contributed by atoms with van der Waals surface area (Å²) >= 11 is 0. The number of ether oxygens (including phenoxy) is 1. The van der Waals surface area contributed by atoms with Crippen LogP contribution in [0, 0.1) is 5.92 Å². The molecule has 110 valence electrons. The highest BCUT2D eigenvalue weighted by Crippen LogP contribution is 2.27. The van der Waals surface area contributed by atoms with E-state index in [0.29, 0.717) is 12.8 Å². The molecule has 6 heteroatoms. The van der Waals surface area contributed by atoms with E-state index in [1.165, 1.54) is 4.90 Å². The van der Waals surface area contributed by atoms with Crippen LogP contribution in [0.4, 0.5) is 9.18 Å². The van der Waals surface area contributed by atoms with Crippen LogP contribution in [0.25, 0.3) is 0 Å². The molecule has 2 N–H and O–H groups in total. The Morgan fingerprint density at radius 2 is 2.05 bits per heavy atom. The number of amides is 2. The first kappa shape index (κ1) is 15.7.